The van der Waals surface area contributed by atoms with Gasteiger partial charge in [-0.05, 0) is 0 Å². The molecule has 0 aromatic heterocycles. The van der Waals surface area contributed by atoms with Crippen molar-refractivity contribution in [2.45, 2.75) is 6.42 Å². The highest BCUT2D eigenvalue weighted by Crippen LogP contribution is 1.64. The van der Waals surface area contributed by atoms with Crippen LogP contribution in [0.15, 0.2) is 0 Å². The molecule has 3 nitrogen and oxygen atoms in total. The molecule has 1 aliphatic rings. The van der Waals surface area contributed by atoms with Gasteiger partial charge in [-0.2, -0.15) is 5.26 Å². The van der Waals surface area contributed by atoms with E-state index < -0.39 is 0 Å². The number of nitrogens with zero attached hydrogens (tertiary/aromatic N) is 1. The zero-order valence-corrected chi connectivity index (χ0v) is 6.27. The van der Waals surface area contributed by atoms with Gasteiger partial charge < -0.3 is 10.2 Å². The number of hydrogen-bond donors (Lipinski definition) is 2. The molecule has 0 radical (unpaired) electrons. The number of nitrogens with one attached hydrogen (secondary N) is 1. The van der Waals surface area contributed by atoms with Crippen LogP contribution < -0.4 is 10.2 Å². The van der Waals surface area contributed by atoms with Gasteiger partial charge in [0.2, 0.25) is 0 Å². The molecule has 3 N–H and O–H groups in total. The SMILES string of the molecule is N#CCC[NH+]1CC[NH2+]CC1. The van der Waals surface area contributed by atoms with Crippen LogP contribution >= 0.6 is 0 Å². The van der Waals surface area contributed by atoms with E-state index in [9.17, 15) is 0 Å². The summed E-state index contributed by atoms with van der Waals surface area (Å²) in [5.41, 5.74) is 0. The van der Waals surface area contributed by atoms with Crippen LogP contribution in [0, 0.1) is 11.3 Å². The van der Waals surface area contributed by atoms with Gasteiger partial charge in [0.25, 0.3) is 0 Å². The average Bonchev–Trinajstić information content (AvgIpc) is 2.03. The molecule has 10 heavy (non-hydrogen) atoms. The topological polar surface area (TPSA) is 44.8 Å². The van der Waals surface area contributed by atoms with Crippen LogP contribution in [0.2, 0.25) is 0 Å². The summed E-state index contributed by atoms with van der Waals surface area (Å²) in [5.74, 6) is 0. The molecule has 0 bridgehead atoms. The highest BCUT2D eigenvalue weighted by atomic mass is 15.2. The van der Waals surface area contributed by atoms with E-state index in [0.717, 1.165) is 13.0 Å². The normalized spacial score (nSPS) is 20.3. The lowest BCUT2D eigenvalue weighted by atomic mass is 10.3. The summed E-state index contributed by atoms with van der Waals surface area (Å²) in [4.78, 5) is 1.60. The smallest absolute Gasteiger partial charge is 0.127 e. The van der Waals surface area contributed by atoms with Crippen LogP contribution in [0.4, 0.5) is 0 Å². The average molecular weight is 141 g/mol. The first kappa shape index (κ1) is 7.52. The van der Waals surface area contributed by atoms with E-state index in [1.807, 2.05) is 0 Å². The lowest BCUT2D eigenvalue weighted by Gasteiger charge is -2.20. The fourth-order valence-corrected chi connectivity index (χ4v) is 1.36. The Kier molecular flexibility index (Phi) is 3.20. The van der Waals surface area contributed by atoms with Crippen LogP contribution in [0.5, 0.6) is 0 Å². The highest BCUT2D eigenvalue weighted by Gasteiger charge is 2.13. The van der Waals surface area contributed by atoms with E-state index >= 15 is 0 Å². The summed E-state index contributed by atoms with van der Waals surface area (Å²) in [6.07, 6.45) is 0.718. The minimum Gasteiger partial charge on any atom is -0.337 e. The minimum atomic E-state index is 0.718. The van der Waals surface area contributed by atoms with E-state index in [1.165, 1.54) is 26.2 Å². The standard InChI is InChI=1S/C7H13N3/c8-2-1-5-10-6-3-9-4-7-10/h9H,1,3-7H2/p+2. The predicted molar refractivity (Wildman–Crippen MR) is 37.5 cm³/mol. The molecule has 1 saturated heterocycles. The summed E-state index contributed by atoms with van der Waals surface area (Å²) >= 11 is 0. The van der Waals surface area contributed by atoms with Crippen molar-refractivity contribution in [1.29, 1.82) is 5.26 Å². The van der Waals surface area contributed by atoms with Crippen LogP contribution in [0.3, 0.4) is 0 Å². The first-order valence-corrected chi connectivity index (χ1v) is 3.95. The van der Waals surface area contributed by atoms with E-state index in [2.05, 4.69) is 11.4 Å². The van der Waals surface area contributed by atoms with Gasteiger partial charge in [-0.15, -0.1) is 0 Å². The fourth-order valence-electron chi connectivity index (χ4n) is 1.36. The molecule has 0 saturated carbocycles. The van der Waals surface area contributed by atoms with Gasteiger partial charge in [-0.1, -0.05) is 0 Å². The maximum atomic E-state index is 8.33. The first-order chi connectivity index (χ1) is 4.93. The number of piperazine rings is 1. The van der Waals surface area contributed by atoms with E-state index in [1.54, 1.807) is 4.90 Å². The van der Waals surface area contributed by atoms with Crippen molar-refractivity contribution in [3.8, 4) is 6.07 Å². The van der Waals surface area contributed by atoms with Crippen molar-refractivity contribution in [3.05, 3.63) is 0 Å². The molecule has 3 heteroatoms. The van der Waals surface area contributed by atoms with Gasteiger partial charge in [-0.3, -0.25) is 0 Å². The Balaban J connectivity index is 2.09. The highest BCUT2D eigenvalue weighted by molar-refractivity contribution is 4.66. The van der Waals surface area contributed by atoms with Crippen molar-refractivity contribution in [2.75, 3.05) is 32.7 Å². The molecule has 0 aromatic carbocycles. The summed E-state index contributed by atoms with van der Waals surface area (Å²) in [5, 5.41) is 10.7. The second-order valence-electron chi connectivity index (χ2n) is 2.77. The number of quaternary nitrogens is 2. The van der Waals surface area contributed by atoms with E-state index in [0.29, 0.717) is 0 Å². The van der Waals surface area contributed by atoms with Crippen molar-refractivity contribution >= 4 is 0 Å². The summed E-state index contributed by atoms with van der Waals surface area (Å²) < 4.78 is 0. The molecule has 0 unspecified atom stereocenters. The third kappa shape index (κ3) is 2.34. The lowest BCUT2D eigenvalue weighted by molar-refractivity contribution is -0.946. The Morgan fingerprint density at radius 3 is 2.70 bits per heavy atom. The first-order valence-electron chi connectivity index (χ1n) is 3.95. The van der Waals surface area contributed by atoms with Crippen molar-refractivity contribution in [1.82, 2.24) is 0 Å². The van der Waals surface area contributed by atoms with Gasteiger partial charge >= 0.3 is 0 Å². The van der Waals surface area contributed by atoms with Crippen LogP contribution in [0.1, 0.15) is 6.42 Å². The lowest BCUT2D eigenvalue weighted by Crippen LogP contribution is -3.20. The zero-order chi connectivity index (χ0) is 7.23. The Labute approximate surface area is 61.6 Å². The van der Waals surface area contributed by atoms with Gasteiger partial charge in [0.05, 0.1) is 19.0 Å². The third-order valence-corrected chi connectivity index (χ3v) is 1.99. The number of rotatable bonds is 2. The molecule has 56 valence electrons. The predicted octanol–water partition coefficient (Wildman–Crippen LogP) is -2.64. The van der Waals surface area contributed by atoms with Gasteiger partial charge in [-0.25, -0.2) is 0 Å². The van der Waals surface area contributed by atoms with Gasteiger partial charge in [0, 0.05) is 0 Å². The van der Waals surface area contributed by atoms with E-state index in [4.69, 9.17) is 5.26 Å². The summed E-state index contributed by atoms with van der Waals surface area (Å²) in [6, 6.07) is 2.18. The number of nitrogens with two attached hydrogens (primary N) is 1. The molecule has 0 spiro atoms. The monoisotopic (exact) mass is 141 g/mol. The molecular formula is C7H15N3+2. The maximum Gasteiger partial charge on any atom is 0.127 e. The van der Waals surface area contributed by atoms with Crippen molar-refractivity contribution in [2.24, 2.45) is 0 Å². The second-order valence-corrected chi connectivity index (χ2v) is 2.77. The van der Waals surface area contributed by atoms with E-state index in [-0.39, 0.29) is 0 Å². The maximum absolute atomic E-state index is 8.33. The molecule has 1 heterocycles. The molecule has 0 aromatic rings. The van der Waals surface area contributed by atoms with Crippen LogP contribution in [-0.4, -0.2) is 32.7 Å². The second kappa shape index (κ2) is 4.26. The quantitative estimate of drug-likeness (QED) is 0.434. The number of nitriles is 1. The Morgan fingerprint density at radius 1 is 1.40 bits per heavy atom. The summed E-state index contributed by atoms with van der Waals surface area (Å²) in [7, 11) is 0. The Hall–Kier alpha value is -0.590. The van der Waals surface area contributed by atoms with Gasteiger partial charge in [0.1, 0.15) is 26.2 Å². The fraction of sp³-hybridized carbons (Fsp3) is 0.857. The molecule has 1 rings (SSSR count). The zero-order valence-electron chi connectivity index (χ0n) is 6.27. The van der Waals surface area contributed by atoms with Crippen LogP contribution in [-0.2, 0) is 0 Å². The third-order valence-electron chi connectivity index (χ3n) is 1.99. The van der Waals surface area contributed by atoms with Crippen molar-refractivity contribution in [3.63, 3.8) is 0 Å². The van der Waals surface area contributed by atoms with Crippen molar-refractivity contribution < 1.29 is 10.2 Å². The molecule has 1 aliphatic heterocycles. The molecule has 0 amide bonds. The molecule has 0 atom stereocenters. The Morgan fingerprint density at radius 2 is 2.10 bits per heavy atom. The minimum absolute atomic E-state index is 0.718. The molecule has 1 fully saturated rings. The molecular weight excluding hydrogens is 126 g/mol. The largest absolute Gasteiger partial charge is 0.337 e. The Bertz CT molecular complexity index is 121. The number of hydrogen-bond acceptors (Lipinski definition) is 1. The van der Waals surface area contributed by atoms with Crippen LogP contribution in [0.25, 0.3) is 0 Å². The summed E-state index contributed by atoms with van der Waals surface area (Å²) in [6.45, 7) is 6.00. The molecule has 0 aliphatic carbocycles. The van der Waals surface area contributed by atoms with Gasteiger partial charge in [0.15, 0.2) is 0 Å².